The normalized spacial score (nSPS) is 16.5. The molecule has 6 aromatic rings. The van der Waals surface area contributed by atoms with Gasteiger partial charge in [-0.1, -0.05) is 96.7 Å². The molecule has 0 bridgehead atoms. The Kier molecular flexibility index (Phi) is 8.47. The van der Waals surface area contributed by atoms with Crippen molar-refractivity contribution in [1.29, 1.82) is 0 Å². The van der Waals surface area contributed by atoms with Gasteiger partial charge in [0.15, 0.2) is 0 Å². The van der Waals surface area contributed by atoms with Crippen LogP contribution in [0.15, 0.2) is 169 Å². The van der Waals surface area contributed by atoms with Crippen LogP contribution in [-0.2, 0) is 0 Å². The van der Waals surface area contributed by atoms with Crippen molar-refractivity contribution in [3.8, 4) is 56.8 Å². The molecule has 0 aromatic heterocycles. The van der Waals surface area contributed by atoms with Crippen molar-refractivity contribution in [2.75, 3.05) is 0 Å². The average Bonchev–Trinajstić information content (AvgIpc) is 3.39. The molecule has 3 heterocycles. The third kappa shape index (κ3) is 6.39. The quantitative estimate of drug-likeness (QED) is 0.0732. The zero-order valence-electron chi connectivity index (χ0n) is 27.9. The molecule has 0 fully saturated rings. The Morgan fingerprint density at radius 3 is 1.11 bits per heavy atom. The third-order valence-corrected chi connectivity index (χ3v) is 16.4. The smallest absolute Gasteiger partial charge is 0.413 e. The summed E-state index contributed by atoms with van der Waals surface area (Å²) in [6, 6.07) is 43.7. The standard InChI is InChI=1S/C38H28N5O8P3/c44-39-25-27-17-21-29(22-18-27)46-52(47-30-23-19-28(20-24-30)26-40-45)41-53(48-35-13-5-1-9-31(35)32-10-2-6-14-36(32)49-53)43-54(42-52)50-37-15-7-3-11-33(37)34-12-4-8-16-38(34)51-54/h1-26,44-45H/b39-25+,40-26+. The van der Waals surface area contributed by atoms with Gasteiger partial charge in [-0.3, -0.25) is 0 Å². The Balaban J connectivity index is 1.34. The number of rotatable bonds is 6. The second-order valence-corrected chi connectivity index (χ2v) is 18.1. The van der Waals surface area contributed by atoms with Crippen LogP contribution in [0.5, 0.6) is 34.5 Å². The van der Waals surface area contributed by atoms with Gasteiger partial charge in [0.1, 0.15) is 34.5 Å². The lowest BCUT2D eigenvalue weighted by atomic mass is 10.0. The van der Waals surface area contributed by atoms with Crippen LogP contribution in [0, 0.1) is 0 Å². The highest BCUT2D eigenvalue weighted by Crippen LogP contribution is 2.80. The van der Waals surface area contributed by atoms with Crippen molar-refractivity contribution in [3.05, 3.63) is 157 Å². The topological polar surface area (TPSA) is 158 Å². The summed E-state index contributed by atoms with van der Waals surface area (Å²) in [5.41, 5.74) is 4.33. The first-order valence-electron chi connectivity index (χ1n) is 16.5. The minimum atomic E-state index is -4.06. The van der Waals surface area contributed by atoms with Crippen molar-refractivity contribution < 1.29 is 37.6 Å². The highest BCUT2D eigenvalue weighted by molar-refractivity contribution is 7.79. The summed E-state index contributed by atoms with van der Waals surface area (Å²) in [6.07, 6.45) is 2.59. The summed E-state index contributed by atoms with van der Waals surface area (Å²) >= 11 is 0. The Bertz CT molecular complexity index is 2390. The van der Waals surface area contributed by atoms with E-state index in [1.54, 1.807) is 48.5 Å². The molecule has 2 N–H and O–H groups in total. The summed E-state index contributed by atoms with van der Waals surface area (Å²) in [6.45, 7) is 0. The summed E-state index contributed by atoms with van der Waals surface area (Å²) in [5, 5.41) is 24.5. The number of para-hydroxylation sites is 4. The van der Waals surface area contributed by atoms with E-state index in [9.17, 15) is 0 Å². The molecule has 0 saturated carbocycles. The molecule has 0 saturated heterocycles. The second kappa shape index (κ2) is 13.6. The summed E-state index contributed by atoms with van der Waals surface area (Å²) in [5.74, 6) is 2.52. The molecule has 6 aromatic carbocycles. The number of benzene rings is 6. The molecule has 0 radical (unpaired) electrons. The summed E-state index contributed by atoms with van der Waals surface area (Å²) in [4.78, 5) is 0. The predicted octanol–water partition coefficient (Wildman–Crippen LogP) is 11.9. The molecular weight excluding hydrogens is 747 g/mol. The van der Waals surface area contributed by atoms with E-state index in [1.807, 2.05) is 97.1 Å². The molecule has 0 aliphatic carbocycles. The van der Waals surface area contributed by atoms with Gasteiger partial charge in [0, 0.05) is 22.3 Å². The Morgan fingerprint density at radius 1 is 0.426 bits per heavy atom. The summed E-state index contributed by atoms with van der Waals surface area (Å²) in [7, 11) is -12.0. The molecule has 9 rings (SSSR count). The maximum atomic E-state index is 9.13. The molecule has 54 heavy (non-hydrogen) atoms. The van der Waals surface area contributed by atoms with Gasteiger partial charge in [-0.05, 0) is 83.9 Å². The molecule has 3 aliphatic rings. The minimum Gasteiger partial charge on any atom is -0.413 e. The van der Waals surface area contributed by atoms with E-state index in [-0.39, 0.29) is 0 Å². The molecule has 2 spiro atoms. The van der Waals surface area contributed by atoms with Crippen LogP contribution in [0.3, 0.4) is 0 Å². The van der Waals surface area contributed by atoms with Crippen molar-refractivity contribution in [2.45, 2.75) is 0 Å². The lowest BCUT2D eigenvalue weighted by molar-refractivity contribution is 0.321. The van der Waals surface area contributed by atoms with Crippen LogP contribution in [0.4, 0.5) is 0 Å². The van der Waals surface area contributed by atoms with Gasteiger partial charge in [0.2, 0.25) is 0 Å². The Labute approximate surface area is 309 Å². The fourth-order valence-electron chi connectivity index (χ4n) is 5.98. The maximum Gasteiger partial charge on any atom is 0.460 e. The average molecular weight is 776 g/mol. The van der Waals surface area contributed by atoms with Gasteiger partial charge in [-0.15, -0.1) is 0 Å². The first-order valence-corrected chi connectivity index (χ1v) is 21.1. The second-order valence-electron chi connectivity index (χ2n) is 11.9. The van der Waals surface area contributed by atoms with Gasteiger partial charge >= 0.3 is 23.0 Å². The van der Waals surface area contributed by atoms with Crippen LogP contribution in [0.1, 0.15) is 11.1 Å². The Morgan fingerprint density at radius 2 is 0.759 bits per heavy atom. The largest absolute Gasteiger partial charge is 0.460 e. The van der Waals surface area contributed by atoms with Crippen LogP contribution in [0.25, 0.3) is 22.3 Å². The van der Waals surface area contributed by atoms with Gasteiger partial charge in [-0.25, -0.2) is 0 Å². The van der Waals surface area contributed by atoms with Gasteiger partial charge in [0.05, 0.1) is 12.4 Å². The van der Waals surface area contributed by atoms with E-state index < -0.39 is 23.0 Å². The van der Waals surface area contributed by atoms with E-state index >= 15 is 0 Å². The van der Waals surface area contributed by atoms with E-state index in [0.717, 1.165) is 22.3 Å². The summed E-state index contributed by atoms with van der Waals surface area (Å²) < 4.78 is 56.8. The van der Waals surface area contributed by atoms with Crippen LogP contribution < -0.4 is 27.1 Å². The fraction of sp³-hybridized carbons (Fsp3) is 0. The first-order chi connectivity index (χ1) is 26.5. The lowest BCUT2D eigenvalue weighted by Gasteiger charge is -2.32. The highest BCUT2D eigenvalue weighted by Gasteiger charge is 2.50. The van der Waals surface area contributed by atoms with Crippen molar-refractivity contribution in [1.82, 2.24) is 0 Å². The van der Waals surface area contributed by atoms with Crippen LogP contribution in [-0.4, -0.2) is 22.8 Å². The maximum absolute atomic E-state index is 9.13. The lowest BCUT2D eigenvalue weighted by Crippen LogP contribution is -2.10. The molecule has 0 unspecified atom stereocenters. The zero-order chi connectivity index (χ0) is 36.6. The van der Waals surface area contributed by atoms with Gasteiger partial charge < -0.3 is 37.6 Å². The number of hydrogen-bond donors (Lipinski definition) is 2. The van der Waals surface area contributed by atoms with Crippen LogP contribution in [0.2, 0.25) is 0 Å². The minimum absolute atomic E-state index is 0.319. The molecular formula is C38H28N5O8P3. The molecule has 16 heteroatoms. The van der Waals surface area contributed by atoms with E-state index in [1.165, 1.54) is 12.4 Å². The van der Waals surface area contributed by atoms with Crippen molar-refractivity contribution in [2.24, 2.45) is 23.9 Å². The molecule has 268 valence electrons. The van der Waals surface area contributed by atoms with Gasteiger partial charge in [-0.2, -0.15) is 0 Å². The number of oxime groups is 2. The SMILES string of the molecule is O/N=C/c1ccc(OP2(Oc3ccc(/C=N/O)cc3)=NP3(=NP4(=N2)Oc2ccccc2-c2ccccc2O4)Oc2ccccc2-c2ccccc2O3)cc1. The number of nitrogens with zero attached hydrogens (tertiary/aromatic N) is 5. The Hall–Kier alpha value is -6.25. The molecule has 13 nitrogen and oxygen atoms in total. The molecule has 0 atom stereocenters. The van der Waals surface area contributed by atoms with E-state index in [0.29, 0.717) is 45.6 Å². The molecule has 0 amide bonds. The number of fused-ring (bicyclic) bond motifs is 6. The third-order valence-electron chi connectivity index (χ3n) is 8.30. The predicted molar refractivity (Wildman–Crippen MR) is 207 cm³/mol. The van der Waals surface area contributed by atoms with E-state index in [4.69, 9.17) is 51.1 Å². The van der Waals surface area contributed by atoms with Crippen LogP contribution >= 0.6 is 23.0 Å². The highest BCUT2D eigenvalue weighted by atomic mass is 31.3. The van der Waals surface area contributed by atoms with Gasteiger partial charge in [0.25, 0.3) is 0 Å². The van der Waals surface area contributed by atoms with Crippen molar-refractivity contribution >= 4 is 35.4 Å². The fourth-order valence-corrected chi connectivity index (χ4v) is 15.1. The zero-order valence-corrected chi connectivity index (χ0v) is 30.6. The first kappa shape index (κ1) is 33.6. The van der Waals surface area contributed by atoms with E-state index in [2.05, 4.69) is 10.3 Å². The molecule has 3 aliphatic heterocycles. The van der Waals surface area contributed by atoms with Crippen molar-refractivity contribution in [3.63, 3.8) is 0 Å². The number of hydrogen-bond acceptors (Lipinski definition) is 13. The monoisotopic (exact) mass is 775 g/mol.